The third-order valence-electron chi connectivity index (χ3n) is 2.99. The van der Waals surface area contributed by atoms with Crippen LogP contribution in [0, 0.1) is 17.5 Å². The van der Waals surface area contributed by atoms with Crippen LogP contribution in [0.1, 0.15) is 17.0 Å². The smallest absolute Gasteiger partial charge is 0.159 e. The molecular weight excluding hydrogens is 273 g/mol. The van der Waals surface area contributed by atoms with Crippen molar-refractivity contribution < 1.29 is 13.2 Å². The Labute approximate surface area is 114 Å². The first-order valence-electron chi connectivity index (χ1n) is 5.85. The van der Waals surface area contributed by atoms with Gasteiger partial charge in [-0.15, -0.1) is 11.6 Å². The molecule has 0 amide bonds. The van der Waals surface area contributed by atoms with E-state index in [-0.39, 0.29) is 11.7 Å². The van der Waals surface area contributed by atoms with Gasteiger partial charge in [0, 0.05) is 11.8 Å². The van der Waals surface area contributed by atoms with Crippen LogP contribution in [-0.2, 0) is 6.42 Å². The van der Waals surface area contributed by atoms with Crippen LogP contribution in [0.15, 0.2) is 42.5 Å². The molecule has 2 aromatic carbocycles. The van der Waals surface area contributed by atoms with Crippen LogP contribution in [0.25, 0.3) is 0 Å². The summed E-state index contributed by atoms with van der Waals surface area (Å²) in [4.78, 5) is 0. The van der Waals surface area contributed by atoms with Gasteiger partial charge in [0.15, 0.2) is 11.6 Å². The van der Waals surface area contributed by atoms with Crippen LogP contribution in [0.5, 0.6) is 0 Å². The molecule has 0 saturated carbocycles. The van der Waals surface area contributed by atoms with Gasteiger partial charge < -0.3 is 0 Å². The molecule has 0 bridgehead atoms. The van der Waals surface area contributed by atoms with Gasteiger partial charge >= 0.3 is 0 Å². The van der Waals surface area contributed by atoms with Crippen LogP contribution in [0.4, 0.5) is 13.2 Å². The van der Waals surface area contributed by atoms with Crippen LogP contribution in [0.3, 0.4) is 0 Å². The van der Waals surface area contributed by atoms with E-state index in [9.17, 15) is 13.2 Å². The monoisotopic (exact) mass is 284 g/mol. The minimum Gasteiger partial charge on any atom is -0.207 e. The molecule has 1 unspecified atom stereocenters. The highest BCUT2D eigenvalue weighted by molar-refractivity contribution is 6.18. The first-order chi connectivity index (χ1) is 9.10. The van der Waals surface area contributed by atoms with Gasteiger partial charge in [-0.25, -0.2) is 13.2 Å². The van der Waals surface area contributed by atoms with E-state index < -0.39 is 11.6 Å². The molecule has 0 aromatic heterocycles. The van der Waals surface area contributed by atoms with Gasteiger partial charge in [0.1, 0.15) is 5.82 Å². The summed E-state index contributed by atoms with van der Waals surface area (Å²) >= 11 is 5.90. The van der Waals surface area contributed by atoms with E-state index in [2.05, 4.69) is 0 Å². The molecule has 4 heteroatoms. The fraction of sp³-hybridized carbons (Fsp3) is 0.200. The summed E-state index contributed by atoms with van der Waals surface area (Å²) in [6.45, 7) is 0. The summed E-state index contributed by atoms with van der Waals surface area (Å²) in [6, 6.07) is 9.82. The largest absolute Gasteiger partial charge is 0.207 e. The maximum absolute atomic E-state index is 13.1. The maximum atomic E-state index is 13.1. The van der Waals surface area contributed by atoms with Gasteiger partial charge in [0.2, 0.25) is 0 Å². The Bertz CT molecular complexity index is 552. The molecule has 0 radical (unpaired) electrons. The summed E-state index contributed by atoms with van der Waals surface area (Å²) in [7, 11) is 0. The molecule has 19 heavy (non-hydrogen) atoms. The molecule has 0 nitrogen and oxygen atoms in total. The van der Waals surface area contributed by atoms with E-state index >= 15 is 0 Å². The number of hydrogen-bond donors (Lipinski definition) is 0. The fourth-order valence-corrected chi connectivity index (χ4v) is 2.23. The molecule has 0 N–H and O–H groups in total. The molecule has 0 aliphatic heterocycles. The SMILES string of the molecule is Fc1ccc(C(CCl)Cc2ccc(F)c(F)c2)cc1. The summed E-state index contributed by atoms with van der Waals surface area (Å²) < 4.78 is 38.8. The fourth-order valence-electron chi connectivity index (χ4n) is 1.95. The predicted molar refractivity (Wildman–Crippen MR) is 69.9 cm³/mol. The average Bonchev–Trinajstić information content (AvgIpc) is 2.41. The van der Waals surface area contributed by atoms with Crippen LogP contribution >= 0.6 is 11.6 Å². The van der Waals surface area contributed by atoms with Gasteiger partial charge in [0.25, 0.3) is 0 Å². The maximum Gasteiger partial charge on any atom is 0.159 e. The lowest BCUT2D eigenvalue weighted by Crippen LogP contribution is -2.05. The van der Waals surface area contributed by atoms with Gasteiger partial charge in [-0.2, -0.15) is 0 Å². The number of alkyl halides is 1. The van der Waals surface area contributed by atoms with Gasteiger partial charge in [-0.05, 0) is 41.8 Å². The van der Waals surface area contributed by atoms with Crippen LogP contribution in [0.2, 0.25) is 0 Å². The van der Waals surface area contributed by atoms with Crippen LogP contribution < -0.4 is 0 Å². The van der Waals surface area contributed by atoms with Gasteiger partial charge in [-0.1, -0.05) is 18.2 Å². The van der Waals surface area contributed by atoms with Gasteiger partial charge in [-0.3, -0.25) is 0 Å². The van der Waals surface area contributed by atoms with Crippen molar-refractivity contribution in [1.82, 2.24) is 0 Å². The predicted octanol–water partition coefficient (Wildman–Crippen LogP) is 4.67. The lowest BCUT2D eigenvalue weighted by atomic mass is 9.93. The third kappa shape index (κ3) is 3.51. The Morgan fingerprint density at radius 2 is 1.58 bits per heavy atom. The van der Waals surface area contributed by atoms with Crippen molar-refractivity contribution in [2.45, 2.75) is 12.3 Å². The van der Waals surface area contributed by atoms with Gasteiger partial charge in [0.05, 0.1) is 0 Å². The van der Waals surface area contributed by atoms with E-state index in [0.29, 0.717) is 17.9 Å². The van der Waals surface area contributed by atoms with E-state index in [1.165, 1.54) is 24.3 Å². The molecule has 2 rings (SSSR count). The number of hydrogen-bond acceptors (Lipinski definition) is 0. The van der Waals surface area contributed by atoms with Crippen molar-refractivity contribution in [3.8, 4) is 0 Å². The van der Waals surface area contributed by atoms with Crippen molar-refractivity contribution in [2.24, 2.45) is 0 Å². The third-order valence-corrected chi connectivity index (χ3v) is 3.37. The Morgan fingerprint density at radius 3 is 2.16 bits per heavy atom. The average molecular weight is 285 g/mol. The Kier molecular flexibility index (Phi) is 4.48. The second-order valence-corrected chi connectivity index (χ2v) is 4.66. The lowest BCUT2D eigenvalue weighted by Gasteiger charge is -2.14. The van der Waals surface area contributed by atoms with Crippen molar-refractivity contribution in [2.75, 3.05) is 5.88 Å². The Balaban J connectivity index is 2.18. The minimum absolute atomic E-state index is 0.0628. The Hall–Kier alpha value is -1.48. The molecule has 0 saturated heterocycles. The van der Waals surface area contributed by atoms with E-state index in [1.54, 1.807) is 12.1 Å². The molecule has 100 valence electrons. The molecular formula is C15H12ClF3. The second-order valence-electron chi connectivity index (χ2n) is 4.36. The van der Waals surface area contributed by atoms with Crippen molar-refractivity contribution >= 4 is 11.6 Å². The van der Waals surface area contributed by atoms with Crippen molar-refractivity contribution in [3.63, 3.8) is 0 Å². The highest BCUT2D eigenvalue weighted by Gasteiger charge is 2.13. The van der Waals surface area contributed by atoms with Crippen LogP contribution in [-0.4, -0.2) is 5.88 Å². The molecule has 2 aromatic rings. The molecule has 0 aliphatic carbocycles. The summed E-state index contributed by atoms with van der Waals surface area (Å²) in [5.41, 5.74) is 1.54. The first-order valence-corrected chi connectivity index (χ1v) is 6.39. The Morgan fingerprint density at radius 1 is 0.895 bits per heavy atom. The zero-order valence-electron chi connectivity index (χ0n) is 10.0. The van der Waals surface area contributed by atoms with E-state index in [0.717, 1.165) is 11.6 Å². The highest BCUT2D eigenvalue weighted by Crippen LogP contribution is 2.23. The number of rotatable bonds is 4. The highest BCUT2D eigenvalue weighted by atomic mass is 35.5. The first kappa shape index (κ1) is 13.9. The van der Waals surface area contributed by atoms with E-state index in [1.807, 2.05) is 0 Å². The molecule has 0 spiro atoms. The van der Waals surface area contributed by atoms with Crippen molar-refractivity contribution in [3.05, 3.63) is 71.0 Å². The lowest BCUT2D eigenvalue weighted by molar-refractivity contribution is 0.506. The normalized spacial score (nSPS) is 12.4. The molecule has 0 fully saturated rings. The second kappa shape index (κ2) is 6.11. The number of halogens is 4. The zero-order valence-corrected chi connectivity index (χ0v) is 10.8. The molecule has 1 atom stereocenters. The quantitative estimate of drug-likeness (QED) is 0.716. The molecule has 0 aliphatic rings. The van der Waals surface area contributed by atoms with Crippen molar-refractivity contribution in [1.29, 1.82) is 0 Å². The molecule has 0 heterocycles. The summed E-state index contributed by atoms with van der Waals surface area (Å²) in [5.74, 6) is -1.79. The summed E-state index contributed by atoms with van der Waals surface area (Å²) in [5, 5.41) is 0. The minimum atomic E-state index is -0.870. The number of benzene rings is 2. The zero-order chi connectivity index (χ0) is 13.8. The topological polar surface area (TPSA) is 0 Å². The summed E-state index contributed by atoms with van der Waals surface area (Å²) in [6.07, 6.45) is 0.479. The standard InChI is InChI=1S/C15H12ClF3/c16-9-12(11-2-4-13(17)5-3-11)7-10-1-6-14(18)15(19)8-10/h1-6,8,12H,7,9H2. The van der Waals surface area contributed by atoms with E-state index in [4.69, 9.17) is 11.6 Å².